The highest BCUT2D eigenvalue weighted by molar-refractivity contribution is 7.87. The number of nitrogens with zero attached hydrogens (tertiary/aromatic N) is 1. The number of aliphatic hydroxyl groups is 1. The van der Waals surface area contributed by atoms with Crippen molar-refractivity contribution in [1.29, 1.82) is 0 Å². The third kappa shape index (κ3) is 3.05. The van der Waals surface area contributed by atoms with Gasteiger partial charge in [0, 0.05) is 25.6 Å². The highest BCUT2D eigenvalue weighted by Gasteiger charge is 2.36. The third-order valence-corrected chi connectivity index (χ3v) is 3.41. The molecule has 0 aromatic heterocycles. The molecule has 0 radical (unpaired) electrons. The van der Waals surface area contributed by atoms with Gasteiger partial charge >= 0.3 is 16.3 Å². The average Bonchev–Trinajstić information content (AvgIpc) is 2.00. The van der Waals surface area contributed by atoms with E-state index in [0.29, 0.717) is 0 Å². The minimum absolute atomic E-state index is 0.0382. The van der Waals surface area contributed by atoms with E-state index in [1.807, 2.05) is 0 Å². The molecule has 0 aromatic rings. The van der Waals surface area contributed by atoms with E-state index in [2.05, 4.69) is 4.74 Å². The quantitative estimate of drug-likeness (QED) is 0.648. The zero-order chi connectivity index (χ0) is 11.5. The predicted octanol–water partition coefficient (Wildman–Crippen LogP) is -1.10. The Morgan fingerprint density at radius 3 is 2.67 bits per heavy atom. The van der Waals surface area contributed by atoms with Gasteiger partial charge in [0.15, 0.2) is 0 Å². The van der Waals surface area contributed by atoms with Gasteiger partial charge in [-0.15, -0.1) is 0 Å². The number of nitrogens with one attached hydrogen (secondary N) is 1. The fourth-order valence-corrected chi connectivity index (χ4v) is 2.38. The molecule has 1 saturated heterocycles. The first-order chi connectivity index (χ1) is 6.99. The molecule has 0 spiro atoms. The number of ether oxygens (including phenoxy) is 1. The van der Waals surface area contributed by atoms with Crippen LogP contribution in [0.4, 0.5) is 4.79 Å². The van der Waals surface area contributed by atoms with Gasteiger partial charge in [-0.3, -0.25) is 0 Å². The van der Waals surface area contributed by atoms with Crippen LogP contribution in [0.25, 0.3) is 0 Å². The van der Waals surface area contributed by atoms with Gasteiger partial charge in [-0.2, -0.15) is 12.7 Å². The van der Waals surface area contributed by atoms with E-state index in [4.69, 9.17) is 5.11 Å². The van der Waals surface area contributed by atoms with Crippen molar-refractivity contribution in [2.24, 2.45) is 5.92 Å². The van der Waals surface area contributed by atoms with E-state index in [9.17, 15) is 13.2 Å². The largest absolute Gasteiger partial charge is 0.449 e. The number of carbonyl (C=O) groups excluding carboxylic acids is 1. The summed E-state index contributed by atoms with van der Waals surface area (Å²) in [5.41, 5.74) is 0. The second-order valence-corrected chi connectivity index (χ2v) is 4.86. The van der Waals surface area contributed by atoms with Gasteiger partial charge in [0.25, 0.3) is 0 Å². The molecule has 0 aliphatic carbocycles. The lowest BCUT2D eigenvalue weighted by molar-refractivity contribution is 0.115. The number of amides is 1. The first kappa shape index (κ1) is 12.2. The maximum absolute atomic E-state index is 11.4. The Bertz CT molecular complexity index is 322. The molecule has 1 amide bonds. The fraction of sp³-hybridized carbons (Fsp3) is 0.857. The first-order valence-electron chi connectivity index (χ1n) is 4.55. The van der Waals surface area contributed by atoms with Crippen molar-refractivity contribution >= 4 is 16.3 Å². The lowest BCUT2D eigenvalue weighted by atomic mass is 10.1. The van der Waals surface area contributed by atoms with E-state index in [-0.39, 0.29) is 32.2 Å². The Hall–Kier alpha value is -0.860. The molecule has 1 fully saturated rings. The summed E-state index contributed by atoms with van der Waals surface area (Å²) in [7, 11) is -3.79. The Kier molecular flexibility index (Phi) is 3.89. The molecule has 0 saturated carbocycles. The lowest BCUT2D eigenvalue weighted by Gasteiger charge is -2.36. The summed E-state index contributed by atoms with van der Waals surface area (Å²) in [5.74, 6) is -0.0382. The van der Waals surface area contributed by atoms with Gasteiger partial charge < -0.3 is 9.84 Å². The first-order valence-corrected chi connectivity index (χ1v) is 5.99. The van der Waals surface area contributed by atoms with Crippen LogP contribution in [0.1, 0.15) is 6.92 Å². The normalized spacial score (nSPS) is 18.3. The molecule has 1 aliphatic rings. The van der Waals surface area contributed by atoms with Crippen LogP contribution in [0.5, 0.6) is 0 Å². The number of carbonyl (C=O) groups is 1. The van der Waals surface area contributed by atoms with Crippen molar-refractivity contribution < 1.29 is 23.1 Å². The maximum atomic E-state index is 11.4. The van der Waals surface area contributed by atoms with E-state index < -0.39 is 16.3 Å². The van der Waals surface area contributed by atoms with Gasteiger partial charge in [-0.1, -0.05) is 0 Å². The highest BCUT2D eigenvalue weighted by Crippen LogP contribution is 2.17. The Morgan fingerprint density at radius 1 is 1.60 bits per heavy atom. The van der Waals surface area contributed by atoms with Crippen molar-refractivity contribution in [2.45, 2.75) is 6.92 Å². The highest BCUT2D eigenvalue weighted by atomic mass is 32.2. The van der Waals surface area contributed by atoms with E-state index >= 15 is 0 Å². The molecule has 0 aromatic carbocycles. The molecule has 0 bridgehead atoms. The Morgan fingerprint density at radius 2 is 2.20 bits per heavy atom. The molecule has 1 heterocycles. The lowest BCUT2D eigenvalue weighted by Crippen LogP contribution is -2.55. The number of hydrogen-bond acceptors (Lipinski definition) is 5. The average molecular weight is 238 g/mol. The Balaban J connectivity index is 2.44. The molecule has 0 unspecified atom stereocenters. The molecule has 0 atom stereocenters. The minimum atomic E-state index is -3.79. The topological polar surface area (TPSA) is 95.9 Å². The van der Waals surface area contributed by atoms with Gasteiger partial charge in [-0.25, -0.2) is 9.52 Å². The van der Waals surface area contributed by atoms with Crippen LogP contribution in [0.2, 0.25) is 0 Å². The molecule has 7 nitrogen and oxygen atoms in total. The number of aliphatic hydroxyl groups excluding tert-OH is 1. The van der Waals surface area contributed by atoms with Crippen LogP contribution >= 0.6 is 0 Å². The van der Waals surface area contributed by atoms with Gasteiger partial charge in [0.1, 0.15) is 0 Å². The standard InChI is InChI=1S/C7H14N2O5S/c1-2-14-7(11)8-15(12,13)9-3-6(4-9)5-10/h6,10H,2-5H2,1H3,(H,8,11). The summed E-state index contributed by atoms with van der Waals surface area (Å²) in [4.78, 5) is 10.9. The number of hydrogen-bond donors (Lipinski definition) is 2. The van der Waals surface area contributed by atoms with Gasteiger partial charge in [0.05, 0.1) is 6.61 Å². The monoisotopic (exact) mass is 238 g/mol. The molecular weight excluding hydrogens is 224 g/mol. The second-order valence-electron chi connectivity index (χ2n) is 3.19. The molecule has 2 N–H and O–H groups in total. The van der Waals surface area contributed by atoms with Crippen LogP contribution in [0.15, 0.2) is 0 Å². The van der Waals surface area contributed by atoms with E-state index in [1.165, 1.54) is 0 Å². The zero-order valence-corrected chi connectivity index (χ0v) is 9.16. The van der Waals surface area contributed by atoms with Crippen molar-refractivity contribution in [3.8, 4) is 0 Å². The summed E-state index contributed by atoms with van der Waals surface area (Å²) in [5, 5.41) is 8.70. The van der Waals surface area contributed by atoms with Crippen LogP contribution in [-0.2, 0) is 14.9 Å². The molecule has 15 heavy (non-hydrogen) atoms. The van der Waals surface area contributed by atoms with Crippen LogP contribution in [0, 0.1) is 5.92 Å². The van der Waals surface area contributed by atoms with E-state index in [0.717, 1.165) is 4.31 Å². The maximum Gasteiger partial charge on any atom is 0.421 e. The summed E-state index contributed by atoms with van der Waals surface area (Å²) >= 11 is 0. The predicted molar refractivity (Wildman–Crippen MR) is 51.2 cm³/mol. The molecule has 1 aliphatic heterocycles. The molecule has 8 heteroatoms. The van der Waals surface area contributed by atoms with Gasteiger partial charge in [-0.05, 0) is 6.92 Å². The van der Waals surface area contributed by atoms with Crippen molar-refractivity contribution in [3.05, 3.63) is 0 Å². The van der Waals surface area contributed by atoms with Crippen molar-refractivity contribution in [3.63, 3.8) is 0 Å². The van der Waals surface area contributed by atoms with Crippen LogP contribution < -0.4 is 4.72 Å². The Labute approximate surface area is 88.2 Å². The number of rotatable bonds is 4. The minimum Gasteiger partial charge on any atom is -0.449 e. The van der Waals surface area contributed by atoms with Gasteiger partial charge in [0.2, 0.25) is 0 Å². The van der Waals surface area contributed by atoms with Crippen molar-refractivity contribution in [1.82, 2.24) is 9.03 Å². The smallest absolute Gasteiger partial charge is 0.421 e. The SMILES string of the molecule is CCOC(=O)NS(=O)(=O)N1CC(CO)C1. The van der Waals surface area contributed by atoms with Crippen LogP contribution in [-0.4, -0.2) is 50.2 Å². The molecule has 88 valence electrons. The fourth-order valence-electron chi connectivity index (χ4n) is 1.16. The third-order valence-electron chi connectivity index (χ3n) is 2.01. The summed E-state index contributed by atoms with van der Waals surface area (Å²) in [6.07, 6.45) is -0.982. The van der Waals surface area contributed by atoms with E-state index in [1.54, 1.807) is 11.6 Å². The summed E-state index contributed by atoms with van der Waals surface area (Å²) < 4.78 is 30.1. The van der Waals surface area contributed by atoms with Crippen molar-refractivity contribution in [2.75, 3.05) is 26.3 Å². The summed E-state index contributed by atoms with van der Waals surface area (Å²) in [6.45, 7) is 2.10. The zero-order valence-electron chi connectivity index (χ0n) is 8.34. The molecule has 1 rings (SSSR count). The summed E-state index contributed by atoms with van der Waals surface area (Å²) in [6, 6.07) is 0. The molecular formula is C7H14N2O5S. The van der Waals surface area contributed by atoms with Crippen LogP contribution in [0.3, 0.4) is 0 Å². The second kappa shape index (κ2) is 4.77.